The summed E-state index contributed by atoms with van der Waals surface area (Å²) in [5.41, 5.74) is 0.707. The Balaban J connectivity index is 2.46. The van der Waals surface area contributed by atoms with Crippen molar-refractivity contribution in [1.29, 1.82) is 5.26 Å². The maximum absolute atomic E-state index is 12.1. The van der Waals surface area contributed by atoms with Crippen LogP contribution in [0, 0.1) is 23.7 Å². The highest BCUT2D eigenvalue weighted by Crippen LogP contribution is 2.62. The Hall–Kier alpha value is -1.38. The van der Waals surface area contributed by atoms with E-state index in [4.69, 9.17) is 0 Å². The minimum absolute atomic E-state index is 0.0105. The molecular weight excluding hydrogens is 262 g/mol. The van der Waals surface area contributed by atoms with E-state index >= 15 is 0 Å². The van der Waals surface area contributed by atoms with Crippen molar-refractivity contribution in [2.75, 3.05) is 12.4 Å². The quantitative estimate of drug-likeness (QED) is 0.903. The first-order valence-electron chi connectivity index (χ1n) is 6.23. The van der Waals surface area contributed by atoms with Gasteiger partial charge in [-0.3, -0.25) is 0 Å². The first-order valence-corrected chi connectivity index (χ1v) is 7.94. The number of rotatable bonds is 4. The lowest BCUT2D eigenvalue weighted by Gasteiger charge is -2.04. The van der Waals surface area contributed by atoms with Crippen LogP contribution in [-0.2, 0) is 9.84 Å². The number of aliphatic hydroxyl groups excluding tert-OH is 1. The van der Waals surface area contributed by atoms with Gasteiger partial charge >= 0.3 is 0 Å². The molecule has 5 heteroatoms. The summed E-state index contributed by atoms with van der Waals surface area (Å²) >= 11 is 0. The van der Waals surface area contributed by atoms with E-state index in [1.54, 1.807) is 6.92 Å². The Morgan fingerprint density at radius 2 is 1.95 bits per heavy atom. The smallest absolute Gasteiger partial charge is 0.155 e. The molecule has 0 heterocycles. The summed E-state index contributed by atoms with van der Waals surface area (Å²) < 4.78 is 24.2. The van der Waals surface area contributed by atoms with Crippen molar-refractivity contribution >= 4 is 9.84 Å². The van der Waals surface area contributed by atoms with Crippen LogP contribution in [0.2, 0.25) is 0 Å². The summed E-state index contributed by atoms with van der Waals surface area (Å²) in [5, 5.41) is 18.0. The van der Waals surface area contributed by atoms with Crippen molar-refractivity contribution in [1.82, 2.24) is 0 Å². The molecule has 0 amide bonds. The van der Waals surface area contributed by atoms with Crippen LogP contribution in [0.1, 0.15) is 24.0 Å². The topological polar surface area (TPSA) is 78.2 Å². The molecule has 2 rings (SSSR count). The fraction of sp³-hybridized carbons (Fsp3) is 0.500. The highest BCUT2D eigenvalue weighted by molar-refractivity contribution is 7.92. The summed E-state index contributed by atoms with van der Waals surface area (Å²) in [6, 6.07) is 9.49. The van der Waals surface area contributed by atoms with Gasteiger partial charge in [-0.05, 0) is 12.5 Å². The van der Waals surface area contributed by atoms with Crippen molar-refractivity contribution in [3.63, 3.8) is 0 Å². The second-order valence-electron chi connectivity index (χ2n) is 5.07. The second kappa shape index (κ2) is 4.62. The number of nitriles is 1. The number of benzene rings is 1. The Morgan fingerprint density at radius 1 is 1.37 bits per heavy atom. The number of aliphatic hydroxyl groups is 1. The monoisotopic (exact) mass is 279 g/mol. The highest BCUT2D eigenvalue weighted by atomic mass is 32.2. The van der Waals surface area contributed by atoms with Crippen LogP contribution in [-0.4, -0.2) is 31.1 Å². The minimum atomic E-state index is -3.35. The zero-order valence-corrected chi connectivity index (χ0v) is 11.8. The standard InChI is InChI=1S/C14H17NO3S/c1-3-19(17,18)13-12(14(13,8-15)9-16)11-6-4-10(2)5-7-11/h4-7,12-13,16H,3,9H2,1-2H3/t12-,13+,14-/m1/s1. The first kappa shape index (κ1) is 14.0. The van der Waals surface area contributed by atoms with Crippen LogP contribution < -0.4 is 0 Å². The molecule has 1 aromatic rings. The first-order chi connectivity index (χ1) is 8.93. The van der Waals surface area contributed by atoms with E-state index in [2.05, 4.69) is 0 Å². The van der Waals surface area contributed by atoms with Gasteiger partial charge in [-0.2, -0.15) is 5.26 Å². The largest absolute Gasteiger partial charge is 0.395 e. The van der Waals surface area contributed by atoms with E-state index in [1.165, 1.54) is 0 Å². The normalized spacial score (nSPS) is 29.8. The summed E-state index contributed by atoms with van der Waals surface area (Å²) in [6.45, 7) is 3.09. The van der Waals surface area contributed by atoms with E-state index < -0.39 is 33.0 Å². The van der Waals surface area contributed by atoms with Gasteiger partial charge in [-0.25, -0.2) is 8.42 Å². The van der Waals surface area contributed by atoms with Crippen LogP contribution in [0.3, 0.4) is 0 Å². The lowest BCUT2D eigenvalue weighted by atomic mass is 10.0. The molecule has 1 aliphatic carbocycles. The number of hydrogen-bond acceptors (Lipinski definition) is 4. The van der Waals surface area contributed by atoms with E-state index in [1.807, 2.05) is 37.3 Å². The molecular formula is C14H17NO3S. The predicted octanol–water partition coefficient (Wildman–Crippen LogP) is 1.40. The van der Waals surface area contributed by atoms with E-state index in [0.29, 0.717) is 0 Å². The molecule has 1 fully saturated rings. The molecule has 3 atom stereocenters. The summed E-state index contributed by atoms with van der Waals surface area (Å²) in [7, 11) is -3.35. The van der Waals surface area contributed by atoms with Crippen LogP contribution in [0.4, 0.5) is 0 Å². The maximum atomic E-state index is 12.1. The SMILES string of the molecule is CCS(=O)(=O)[C@H]1[C@@H](c2ccc(C)cc2)[C@@]1(C#N)CO. The van der Waals surface area contributed by atoms with Gasteiger partial charge in [-0.1, -0.05) is 36.8 Å². The van der Waals surface area contributed by atoms with Crippen molar-refractivity contribution in [3.8, 4) is 6.07 Å². The molecule has 0 saturated heterocycles. The molecule has 0 aliphatic heterocycles. The predicted molar refractivity (Wildman–Crippen MR) is 72.3 cm³/mol. The van der Waals surface area contributed by atoms with Crippen LogP contribution in [0.15, 0.2) is 24.3 Å². The molecule has 4 nitrogen and oxygen atoms in total. The van der Waals surface area contributed by atoms with E-state index in [0.717, 1.165) is 11.1 Å². The third-order valence-corrected chi connectivity index (χ3v) is 6.22. The molecule has 1 aliphatic rings. The molecule has 1 aromatic carbocycles. The molecule has 0 aromatic heterocycles. The Kier molecular flexibility index (Phi) is 3.41. The molecule has 0 spiro atoms. The summed E-state index contributed by atoms with van der Waals surface area (Å²) in [4.78, 5) is 0. The number of sulfone groups is 1. The maximum Gasteiger partial charge on any atom is 0.155 e. The van der Waals surface area contributed by atoms with Gasteiger partial charge in [0.15, 0.2) is 9.84 Å². The van der Waals surface area contributed by atoms with Gasteiger partial charge < -0.3 is 5.11 Å². The van der Waals surface area contributed by atoms with Gasteiger partial charge in [0, 0.05) is 11.7 Å². The fourth-order valence-corrected chi connectivity index (χ4v) is 4.72. The number of hydrogen-bond donors (Lipinski definition) is 1. The third-order valence-electron chi connectivity index (χ3n) is 3.95. The average Bonchev–Trinajstić information content (AvgIpc) is 3.10. The van der Waals surface area contributed by atoms with Crippen LogP contribution >= 0.6 is 0 Å². The zero-order valence-electron chi connectivity index (χ0n) is 11.0. The van der Waals surface area contributed by atoms with E-state index in [9.17, 15) is 18.8 Å². The van der Waals surface area contributed by atoms with Gasteiger partial charge in [0.2, 0.25) is 0 Å². The van der Waals surface area contributed by atoms with Crippen LogP contribution in [0.5, 0.6) is 0 Å². The van der Waals surface area contributed by atoms with Crippen molar-refractivity contribution in [3.05, 3.63) is 35.4 Å². The second-order valence-corrected chi connectivity index (χ2v) is 7.48. The Morgan fingerprint density at radius 3 is 2.37 bits per heavy atom. The lowest BCUT2D eigenvalue weighted by molar-refractivity contribution is 0.242. The fourth-order valence-electron chi connectivity index (χ4n) is 2.71. The van der Waals surface area contributed by atoms with E-state index in [-0.39, 0.29) is 5.75 Å². The molecule has 0 unspecified atom stereocenters. The average molecular weight is 279 g/mol. The van der Waals surface area contributed by atoms with Crippen molar-refractivity contribution in [2.45, 2.75) is 25.0 Å². The summed E-state index contributed by atoms with van der Waals surface area (Å²) in [6.07, 6.45) is 0. The summed E-state index contributed by atoms with van der Waals surface area (Å²) in [5.74, 6) is -0.434. The van der Waals surface area contributed by atoms with Gasteiger partial charge in [0.1, 0.15) is 5.41 Å². The highest BCUT2D eigenvalue weighted by Gasteiger charge is 2.71. The molecule has 1 N–H and O–H groups in total. The molecule has 19 heavy (non-hydrogen) atoms. The van der Waals surface area contributed by atoms with Gasteiger partial charge in [0.25, 0.3) is 0 Å². The lowest BCUT2D eigenvalue weighted by Crippen LogP contribution is -2.19. The molecule has 0 radical (unpaired) electrons. The molecule has 102 valence electrons. The Labute approximate surface area is 113 Å². The van der Waals surface area contributed by atoms with Crippen LogP contribution in [0.25, 0.3) is 0 Å². The minimum Gasteiger partial charge on any atom is -0.395 e. The molecule has 0 bridgehead atoms. The van der Waals surface area contributed by atoms with Gasteiger partial charge in [0.05, 0.1) is 17.9 Å². The van der Waals surface area contributed by atoms with Crippen molar-refractivity contribution in [2.24, 2.45) is 5.41 Å². The van der Waals surface area contributed by atoms with Crippen molar-refractivity contribution < 1.29 is 13.5 Å². The molecule has 1 saturated carbocycles. The number of nitrogens with zero attached hydrogens (tertiary/aromatic N) is 1. The van der Waals surface area contributed by atoms with Gasteiger partial charge in [-0.15, -0.1) is 0 Å². The third kappa shape index (κ3) is 2.05. The number of aryl methyl sites for hydroxylation is 1. The zero-order chi connectivity index (χ0) is 14.3. The Bertz CT molecular complexity index is 615.